The second-order valence-corrected chi connectivity index (χ2v) is 8.17. The van der Waals surface area contributed by atoms with Crippen molar-refractivity contribution in [3.05, 3.63) is 53.1 Å². The average Bonchev–Trinajstić information content (AvgIpc) is 2.47. The molecule has 0 N–H and O–H groups in total. The number of rotatable bonds is 2. The Bertz CT molecular complexity index is 703. The summed E-state index contributed by atoms with van der Waals surface area (Å²) in [6.07, 6.45) is 4.44. The van der Waals surface area contributed by atoms with Crippen LogP contribution in [0.15, 0.2) is 30.7 Å². The first kappa shape index (κ1) is 18.1. The largest absolute Gasteiger partial charge is 0.421 e. The Balaban J connectivity index is 2.60. The van der Waals surface area contributed by atoms with Crippen LogP contribution in [0.3, 0.4) is 0 Å². The number of esters is 1. The third-order valence-corrected chi connectivity index (χ3v) is 3.82. The third kappa shape index (κ3) is 3.99. The molecule has 0 unspecified atom stereocenters. The normalized spacial score (nSPS) is 12.1. The minimum absolute atomic E-state index is 0.149. The molecular weight excluding hydrogens is 300 g/mol. The first-order valence-electron chi connectivity index (χ1n) is 8.14. The van der Waals surface area contributed by atoms with Crippen molar-refractivity contribution in [3.8, 4) is 5.75 Å². The van der Waals surface area contributed by atoms with Crippen LogP contribution in [0.2, 0.25) is 0 Å². The quantitative estimate of drug-likeness (QED) is 0.598. The molecule has 2 aromatic rings. The number of benzene rings is 1. The predicted molar refractivity (Wildman–Crippen MR) is 95.6 cm³/mol. The Morgan fingerprint density at radius 3 is 1.92 bits per heavy atom. The van der Waals surface area contributed by atoms with Gasteiger partial charge in [-0.2, -0.15) is 0 Å². The fourth-order valence-corrected chi connectivity index (χ4v) is 2.55. The molecule has 4 heteroatoms. The molecule has 0 saturated heterocycles. The third-order valence-electron chi connectivity index (χ3n) is 3.82. The lowest BCUT2D eigenvalue weighted by atomic mass is 9.78. The Labute approximate surface area is 144 Å². The standard InChI is InChI=1S/C20H26N2O2/c1-13-10-14(19(2,3)4)17(15(11-13)20(5,6)7)24-18(23)16-12-21-8-9-22-16/h8-12H,1-7H3. The van der Waals surface area contributed by atoms with Crippen molar-refractivity contribution in [2.75, 3.05) is 0 Å². The highest BCUT2D eigenvalue weighted by molar-refractivity contribution is 5.89. The lowest BCUT2D eigenvalue weighted by Gasteiger charge is -2.29. The maximum Gasteiger partial charge on any atom is 0.363 e. The van der Waals surface area contributed by atoms with Crippen molar-refractivity contribution in [2.24, 2.45) is 0 Å². The topological polar surface area (TPSA) is 52.1 Å². The fraction of sp³-hybridized carbons (Fsp3) is 0.450. The summed E-state index contributed by atoms with van der Waals surface area (Å²) in [7, 11) is 0. The van der Waals surface area contributed by atoms with Crippen LogP contribution >= 0.6 is 0 Å². The first-order valence-corrected chi connectivity index (χ1v) is 8.14. The van der Waals surface area contributed by atoms with E-state index in [1.165, 1.54) is 18.6 Å². The fourth-order valence-electron chi connectivity index (χ4n) is 2.55. The average molecular weight is 326 g/mol. The number of aromatic nitrogens is 2. The van der Waals surface area contributed by atoms with E-state index in [4.69, 9.17) is 4.74 Å². The zero-order valence-corrected chi connectivity index (χ0v) is 15.6. The second kappa shape index (κ2) is 6.34. The van der Waals surface area contributed by atoms with Gasteiger partial charge in [-0.25, -0.2) is 9.78 Å². The van der Waals surface area contributed by atoms with Gasteiger partial charge in [0.05, 0.1) is 6.20 Å². The number of ether oxygens (including phenoxy) is 1. The SMILES string of the molecule is Cc1cc(C(C)(C)C)c(OC(=O)c2cnccn2)c(C(C)(C)C)c1. The van der Waals surface area contributed by atoms with Gasteiger partial charge in [0.2, 0.25) is 0 Å². The minimum atomic E-state index is -0.483. The van der Waals surface area contributed by atoms with E-state index in [1.807, 2.05) is 0 Å². The van der Waals surface area contributed by atoms with E-state index < -0.39 is 5.97 Å². The van der Waals surface area contributed by atoms with Gasteiger partial charge < -0.3 is 4.74 Å². The molecule has 0 spiro atoms. The highest BCUT2D eigenvalue weighted by atomic mass is 16.5. The predicted octanol–water partition coefficient (Wildman–Crippen LogP) is 4.60. The van der Waals surface area contributed by atoms with Crippen LogP contribution in [-0.4, -0.2) is 15.9 Å². The van der Waals surface area contributed by atoms with E-state index in [0.717, 1.165) is 16.7 Å². The molecule has 0 aliphatic rings. The van der Waals surface area contributed by atoms with E-state index in [1.54, 1.807) is 0 Å². The van der Waals surface area contributed by atoms with Gasteiger partial charge in [-0.3, -0.25) is 4.98 Å². The molecule has 24 heavy (non-hydrogen) atoms. The van der Waals surface area contributed by atoms with Crippen molar-refractivity contribution in [2.45, 2.75) is 59.3 Å². The molecule has 0 amide bonds. The van der Waals surface area contributed by atoms with Crippen molar-refractivity contribution < 1.29 is 9.53 Å². The molecule has 0 bridgehead atoms. The Morgan fingerprint density at radius 2 is 1.50 bits per heavy atom. The van der Waals surface area contributed by atoms with Crippen LogP contribution in [-0.2, 0) is 10.8 Å². The number of hydrogen-bond donors (Lipinski definition) is 0. The van der Waals surface area contributed by atoms with Gasteiger partial charge in [0.1, 0.15) is 5.75 Å². The van der Waals surface area contributed by atoms with Crippen molar-refractivity contribution in [1.29, 1.82) is 0 Å². The minimum Gasteiger partial charge on any atom is -0.421 e. The molecule has 1 aromatic carbocycles. The summed E-state index contributed by atoms with van der Waals surface area (Å²) in [5, 5.41) is 0. The molecule has 1 aromatic heterocycles. The first-order chi connectivity index (χ1) is 11.0. The van der Waals surface area contributed by atoms with Gasteiger partial charge in [-0.15, -0.1) is 0 Å². The van der Waals surface area contributed by atoms with E-state index in [0.29, 0.717) is 5.75 Å². The summed E-state index contributed by atoms with van der Waals surface area (Å²) in [5.41, 5.74) is 3.10. The lowest BCUT2D eigenvalue weighted by molar-refractivity contribution is 0.0722. The molecule has 0 aliphatic heterocycles. The number of hydrogen-bond acceptors (Lipinski definition) is 4. The summed E-state index contributed by atoms with van der Waals surface area (Å²) in [6, 6.07) is 4.18. The maximum absolute atomic E-state index is 12.5. The van der Waals surface area contributed by atoms with E-state index >= 15 is 0 Å². The van der Waals surface area contributed by atoms with Crippen LogP contribution < -0.4 is 4.74 Å². The number of carbonyl (C=O) groups excluding carboxylic acids is 1. The summed E-state index contributed by atoms with van der Waals surface area (Å²) in [5.74, 6) is 0.152. The number of aryl methyl sites for hydroxylation is 1. The smallest absolute Gasteiger partial charge is 0.363 e. The van der Waals surface area contributed by atoms with Crippen molar-refractivity contribution in [3.63, 3.8) is 0 Å². The maximum atomic E-state index is 12.5. The molecule has 0 fully saturated rings. The van der Waals surface area contributed by atoms with E-state index in [9.17, 15) is 4.79 Å². The van der Waals surface area contributed by atoms with Gasteiger partial charge in [0, 0.05) is 23.5 Å². The van der Waals surface area contributed by atoms with Crippen LogP contribution in [0.25, 0.3) is 0 Å². The highest BCUT2D eigenvalue weighted by Crippen LogP contribution is 2.40. The summed E-state index contributed by atoms with van der Waals surface area (Å²) in [6.45, 7) is 14.8. The summed E-state index contributed by atoms with van der Waals surface area (Å²) >= 11 is 0. The Morgan fingerprint density at radius 1 is 0.958 bits per heavy atom. The molecule has 1 heterocycles. The molecule has 0 aliphatic carbocycles. The van der Waals surface area contributed by atoms with E-state index in [-0.39, 0.29) is 16.5 Å². The zero-order valence-electron chi connectivity index (χ0n) is 15.6. The molecular formula is C20H26N2O2. The van der Waals surface area contributed by atoms with Gasteiger partial charge in [0.25, 0.3) is 0 Å². The molecule has 4 nitrogen and oxygen atoms in total. The Kier molecular flexibility index (Phi) is 4.79. The van der Waals surface area contributed by atoms with Crippen LogP contribution in [0.1, 0.15) is 68.7 Å². The highest BCUT2D eigenvalue weighted by Gasteiger charge is 2.29. The van der Waals surface area contributed by atoms with Crippen LogP contribution in [0.4, 0.5) is 0 Å². The molecule has 0 saturated carbocycles. The van der Waals surface area contributed by atoms with Crippen LogP contribution in [0, 0.1) is 6.92 Å². The molecule has 0 atom stereocenters. The van der Waals surface area contributed by atoms with Crippen molar-refractivity contribution in [1.82, 2.24) is 9.97 Å². The van der Waals surface area contributed by atoms with E-state index in [2.05, 4.69) is 70.6 Å². The van der Waals surface area contributed by atoms with Crippen molar-refractivity contribution >= 4 is 5.97 Å². The summed E-state index contributed by atoms with van der Waals surface area (Å²) < 4.78 is 5.83. The van der Waals surface area contributed by atoms with Gasteiger partial charge in [-0.1, -0.05) is 59.2 Å². The van der Waals surface area contributed by atoms with Gasteiger partial charge in [0.15, 0.2) is 5.69 Å². The lowest BCUT2D eigenvalue weighted by Crippen LogP contribution is -2.22. The Hall–Kier alpha value is -2.23. The second-order valence-electron chi connectivity index (χ2n) is 8.17. The zero-order chi connectivity index (χ0) is 18.1. The number of nitrogens with zero attached hydrogens (tertiary/aromatic N) is 2. The van der Waals surface area contributed by atoms with Crippen LogP contribution in [0.5, 0.6) is 5.75 Å². The molecule has 0 radical (unpaired) electrons. The summed E-state index contributed by atoms with van der Waals surface area (Å²) in [4.78, 5) is 20.5. The van der Waals surface area contributed by atoms with Gasteiger partial charge >= 0.3 is 5.97 Å². The van der Waals surface area contributed by atoms with Gasteiger partial charge in [-0.05, 0) is 17.8 Å². The molecule has 2 rings (SSSR count). The molecule has 128 valence electrons. The monoisotopic (exact) mass is 326 g/mol. The number of carbonyl (C=O) groups is 1.